The third-order valence-electron chi connectivity index (χ3n) is 3.53. The lowest BCUT2D eigenvalue weighted by Gasteiger charge is -2.18. The van der Waals surface area contributed by atoms with E-state index < -0.39 is 12.1 Å². The molecule has 0 aromatic heterocycles. The molecule has 1 aliphatic heterocycles. The zero-order valence-corrected chi connectivity index (χ0v) is 11.7. The summed E-state index contributed by atoms with van der Waals surface area (Å²) in [6.45, 7) is 2.60. The van der Waals surface area contributed by atoms with Crippen molar-refractivity contribution in [1.29, 1.82) is 0 Å². The molecular formula is C15H21N3O2. The van der Waals surface area contributed by atoms with Crippen LogP contribution in [0, 0.1) is 0 Å². The minimum Gasteiger partial charge on any atom is -0.343 e. The van der Waals surface area contributed by atoms with Crippen LogP contribution in [0.5, 0.6) is 0 Å². The number of anilines is 1. The Kier molecular flexibility index (Phi) is 4.74. The van der Waals surface area contributed by atoms with E-state index in [9.17, 15) is 9.59 Å². The molecule has 2 unspecified atom stereocenters. The van der Waals surface area contributed by atoms with Crippen LogP contribution in [0.4, 0.5) is 5.69 Å². The van der Waals surface area contributed by atoms with Crippen molar-refractivity contribution < 1.29 is 9.59 Å². The third-order valence-corrected chi connectivity index (χ3v) is 3.53. The Labute approximate surface area is 119 Å². The average Bonchev–Trinajstić information content (AvgIpc) is 2.81. The van der Waals surface area contributed by atoms with Gasteiger partial charge >= 0.3 is 0 Å². The first-order valence-electron chi connectivity index (χ1n) is 7.06. The second-order valence-corrected chi connectivity index (χ2v) is 5.07. The highest BCUT2D eigenvalue weighted by atomic mass is 16.2. The van der Waals surface area contributed by atoms with Crippen molar-refractivity contribution in [2.45, 2.75) is 38.3 Å². The van der Waals surface area contributed by atoms with Gasteiger partial charge in [-0.1, -0.05) is 31.5 Å². The topological polar surface area (TPSA) is 75.4 Å². The van der Waals surface area contributed by atoms with Gasteiger partial charge in [0.1, 0.15) is 6.04 Å². The van der Waals surface area contributed by atoms with E-state index in [1.54, 1.807) is 4.90 Å². The summed E-state index contributed by atoms with van der Waals surface area (Å²) in [6.07, 6.45) is 2.11. The smallest absolute Gasteiger partial charge is 0.249 e. The Morgan fingerprint density at radius 2 is 2.15 bits per heavy atom. The fourth-order valence-electron chi connectivity index (χ4n) is 2.40. The summed E-state index contributed by atoms with van der Waals surface area (Å²) in [5, 5.41) is 2.76. The molecule has 1 saturated heterocycles. The van der Waals surface area contributed by atoms with E-state index in [0.29, 0.717) is 19.4 Å². The maximum absolute atomic E-state index is 12.3. The molecule has 5 nitrogen and oxygen atoms in total. The lowest BCUT2D eigenvalue weighted by Crippen LogP contribution is -2.48. The largest absolute Gasteiger partial charge is 0.343 e. The fraction of sp³-hybridized carbons (Fsp3) is 0.467. The van der Waals surface area contributed by atoms with Gasteiger partial charge in [0.2, 0.25) is 11.8 Å². The second-order valence-electron chi connectivity index (χ2n) is 5.07. The molecule has 1 aromatic carbocycles. The van der Waals surface area contributed by atoms with Crippen molar-refractivity contribution in [3.8, 4) is 0 Å². The monoisotopic (exact) mass is 275 g/mol. The second kappa shape index (κ2) is 6.52. The van der Waals surface area contributed by atoms with Crippen LogP contribution >= 0.6 is 0 Å². The van der Waals surface area contributed by atoms with Crippen molar-refractivity contribution in [2.75, 3.05) is 11.4 Å². The van der Waals surface area contributed by atoms with Gasteiger partial charge in [0.15, 0.2) is 0 Å². The molecule has 0 radical (unpaired) electrons. The van der Waals surface area contributed by atoms with Crippen LogP contribution in [-0.2, 0) is 9.59 Å². The Balaban J connectivity index is 1.96. The van der Waals surface area contributed by atoms with E-state index in [2.05, 4.69) is 5.32 Å². The summed E-state index contributed by atoms with van der Waals surface area (Å²) in [6, 6.07) is 8.50. The number of nitrogens with one attached hydrogen (secondary N) is 1. The van der Waals surface area contributed by atoms with Crippen molar-refractivity contribution >= 4 is 17.5 Å². The van der Waals surface area contributed by atoms with E-state index in [0.717, 1.165) is 12.1 Å². The van der Waals surface area contributed by atoms with Crippen LogP contribution < -0.4 is 16.0 Å². The normalized spacial score (nSPS) is 20.0. The van der Waals surface area contributed by atoms with Crippen LogP contribution in [0.15, 0.2) is 30.3 Å². The van der Waals surface area contributed by atoms with Crippen LogP contribution in [0.1, 0.15) is 26.2 Å². The molecule has 3 N–H and O–H groups in total. The fourth-order valence-corrected chi connectivity index (χ4v) is 2.40. The molecule has 1 heterocycles. The number of nitrogens with zero attached hydrogens (tertiary/aromatic N) is 1. The molecule has 20 heavy (non-hydrogen) atoms. The first-order valence-corrected chi connectivity index (χ1v) is 7.06. The van der Waals surface area contributed by atoms with Gasteiger partial charge in [-0.3, -0.25) is 9.59 Å². The van der Waals surface area contributed by atoms with Gasteiger partial charge in [-0.2, -0.15) is 0 Å². The number of para-hydroxylation sites is 1. The first kappa shape index (κ1) is 14.5. The number of rotatable bonds is 5. The number of carbonyl (C=O) groups is 2. The highest BCUT2D eigenvalue weighted by Gasteiger charge is 2.34. The molecule has 1 aromatic rings. The molecule has 108 valence electrons. The van der Waals surface area contributed by atoms with Gasteiger partial charge in [0.05, 0.1) is 6.04 Å². The van der Waals surface area contributed by atoms with Crippen molar-refractivity contribution in [1.82, 2.24) is 5.32 Å². The lowest BCUT2D eigenvalue weighted by atomic mass is 10.1. The highest BCUT2D eigenvalue weighted by Crippen LogP contribution is 2.21. The van der Waals surface area contributed by atoms with Crippen LogP contribution in [0.25, 0.3) is 0 Å². The van der Waals surface area contributed by atoms with Gasteiger partial charge in [-0.05, 0) is 25.0 Å². The van der Waals surface area contributed by atoms with Crippen molar-refractivity contribution in [3.05, 3.63) is 30.3 Å². The molecule has 1 aliphatic rings. The summed E-state index contributed by atoms with van der Waals surface area (Å²) in [5.74, 6) is -0.298. The summed E-state index contributed by atoms with van der Waals surface area (Å²) < 4.78 is 0. The maximum atomic E-state index is 12.3. The zero-order chi connectivity index (χ0) is 14.5. The molecule has 0 saturated carbocycles. The average molecular weight is 275 g/mol. The quantitative estimate of drug-likeness (QED) is 0.843. The van der Waals surface area contributed by atoms with Crippen LogP contribution in [0.2, 0.25) is 0 Å². The molecule has 5 heteroatoms. The number of nitrogens with two attached hydrogens (primary N) is 1. The predicted octanol–water partition coefficient (Wildman–Crippen LogP) is 1.04. The zero-order valence-electron chi connectivity index (χ0n) is 11.7. The Bertz CT molecular complexity index is 475. The minimum atomic E-state index is -0.529. The number of amides is 2. The predicted molar refractivity (Wildman–Crippen MR) is 78.2 cm³/mol. The van der Waals surface area contributed by atoms with Gasteiger partial charge in [0, 0.05) is 12.2 Å². The maximum Gasteiger partial charge on any atom is 0.249 e. The molecule has 0 spiro atoms. The molecule has 2 amide bonds. The Morgan fingerprint density at radius 1 is 1.45 bits per heavy atom. The van der Waals surface area contributed by atoms with Gasteiger partial charge in [-0.25, -0.2) is 0 Å². The molecule has 2 rings (SSSR count). The summed E-state index contributed by atoms with van der Waals surface area (Å²) in [5.41, 5.74) is 6.63. The summed E-state index contributed by atoms with van der Waals surface area (Å²) in [7, 11) is 0. The lowest BCUT2D eigenvalue weighted by molar-refractivity contribution is -0.127. The molecule has 1 fully saturated rings. The molecule has 0 aliphatic carbocycles. The summed E-state index contributed by atoms with van der Waals surface area (Å²) in [4.78, 5) is 25.9. The summed E-state index contributed by atoms with van der Waals surface area (Å²) >= 11 is 0. The van der Waals surface area contributed by atoms with Gasteiger partial charge in [0.25, 0.3) is 0 Å². The van der Waals surface area contributed by atoms with Gasteiger partial charge in [-0.15, -0.1) is 0 Å². The molecule has 0 bridgehead atoms. The molecule has 2 atom stereocenters. The Morgan fingerprint density at radius 3 is 2.80 bits per heavy atom. The third kappa shape index (κ3) is 3.17. The first-order chi connectivity index (χ1) is 9.63. The number of benzene rings is 1. The standard InChI is InChI=1S/C15H21N3O2/c1-2-6-12(16)14(19)17-13-9-10-18(15(13)20)11-7-4-3-5-8-11/h3-5,7-8,12-13H,2,6,9-10,16H2,1H3,(H,17,19). The number of carbonyl (C=O) groups excluding carboxylic acids is 2. The van der Waals surface area contributed by atoms with E-state index in [-0.39, 0.29) is 11.8 Å². The minimum absolute atomic E-state index is 0.0618. The van der Waals surface area contributed by atoms with Crippen LogP contribution in [-0.4, -0.2) is 30.4 Å². The number of hydrogen-bond donors (Lipinski definition) is 2. The SMILES string of the molecule is CCCC(N)C(=O)NC1CCN(c2ccccc2)C1=O. The van der Waals surface area contributed by atoms with E-state index in [4.69, 9.17) is 5.73 Å². The van der Waals surface area contributed by atoms with Gasteiger partial charge < -0.3 is 16.0 Å². The van der Waals surface area contributed by atoms with Crippen molar-refractivity contribution in [3.63, 3.8) is 0 Å². The van der Waals surface area contributed by atoms with E-state index in [1.165, 1.54) is 0 Å². The molecular weight excluding hydrogens is 254 g/mol. The van der Waals surface area contributed by atoms with Crippen LogP contribution in [0.3, 0.4) is 0 Å². The van der Waals surface area contributed by atoms with Crippen molar-refractivity contribution in [2.24, 2.45) is 5.73 Å². The highest BCUT2D eigenvalue weighted by molar-refractivity contribution is 6.01. The number of hydrogen-bond acceptors (Lipinski definition) is 3. The van der Waals surface area contributed by atoms with E-state index >= 15 is 0 Å². The Hall–Kier alpha value is -1.88. The van der Waals surface area contributed by atoms with E-state index in [1.807, 2.05) is 37.3 Å².